The molecule has 1 heterocycles. The third-order valence-electron chi connectivity index (χ3n) is 9.25. The number of hydrogen-bond acceptors (Lipinski definition) is 7. The predicted octanol–water partition coefficient (Wildman–Crippen LogP) is 5.98. The highest BCUT2D eigenvalue weighted by Gasteiger charge is 2.33. The summed E-state index contributed by atoms with van der Waals surface area (Å²) in [4.78, 5) is 29.1. The molecule has 2 aliphatic rings. The van der Waals surface area contributed by atoms with Gasteiger partial charge in [-0.15, -0.1) is 0 Å². The van der Waals surface area contributed by atoms with Crippen LogP contribution in [0.25, 0.3) is 0 Å². The molecule has 2 aromatic carbocycles. The number of hydrogen-bond donors (Lipinski definition) is 2. The minimum absolute atomic E-state index is 0.0425. The van der Waals surface area contributed by atoms with Gasteiger partial charge in [0.1, 0.15) is 5.75 Å². The third kappa shape index (κ3) is 9.92. The highest BCUT2D eigenvalue weighted by molar-refractivity contribution is 7.89. The molecule has 4 rings (SSSR count). The van der Waals surface area contributed by atoms with Gasteiger partial charge in [-0.25, -0.2) is 8.42 Å². The SMILES string of the molecule is C[C@@H]1CN([C@H](C)CO)C(=O)c2cc(NC(=O)C3CCCCC3)ccc2O[C@@H](C)CCCCO[C@H]1CN(C)S(=O)(=O)c1ccc(Cl)cc1. The molecule has 12 heteroatoms. The van der Waals surface area contributed by atoms with Crippen molar-refractivity contribution in [3.05, 3.63) is 53.1 Å². The molecule has 260 valence electrons. The van der Waals surface area contributed by atoms with Gasteiger partial charge in [0.25, 0.3) is 5.91 Å². The second kappa shape index (κ2) is 17.1. The number of ether oxygens (including phenoxy) is 2. The number of benzene rings is 2. The summed E-state index contributed by atoms with van der Waals surface area (Å²) in [5.74, 6) is -0.336. The van der Waals surface area contributed by atoms with Gasteiger partial charge in [0.2, 0.25) is 15.9 Å². The smallest absolute Gasteiger partial charge is 0.258 e. The predicted molar refractivity (Wildman–Crippen MR) is 183 cm³/mol. The number of nitrogens with zero attached hydrogens (tertiary/aromatic N) is 2. The Labute approximate surface area is 284 Å². The van der Waals surface area contributed by atoms with Crippen LogP contribution in [0, 0.1) is 11.8 Å². The molecule has 0 radical (unpaired) electrons. The quantitative estimate of drug-likeness (QED) is 0.349. The maximum Gasteiger partial charge on any atom is 0.258 e. The third-order valence-corrected chi connectivity index (χ3v) is 11.3. The molecule has 10 nitrogen and oxygen atoms in total. The normalized spacial score (nSPS) is 23.0. The van der Waals surface area contributed by atoms with Gasteiger partial charge in [0.05, 0.1) is 35.3 Å². The average molecular weight is 692 g/mol. The van der Waals surface area contributed by atoms with Gasteiger partial charge in [-0.2, -0.15) is 4.31 Å². The van der Waals surface area contributed by atoms with Gasteiger partial charge in [-0.1, -0.05) is 37.8 Å². The first kappa shape index (κ1) is 37.1. The lowest BCUT2D eigenvalue weighted by atomic mass is 9.88. The van der Waals surface area contributed by atoms with Gasteiger partial charge in [-0.05, 0) is 88.4 Å². The van der Waals surface area contributed by atoms with E-state index in [4.69, 9.17) is 21.1 Å². The maximum atomic E-state index is 14.4. The molecule has 1 aliphatic heterocycles. The molecular weight excluding hydrogens is 642 g/mol. The van der Waals surface area contributed by atoms with Crippen molar-refractivity contribution in [1.29, 1.82) is 0 Å². The van der Waals surface area contributed by atoms with Crippen LogP contribution in [0.4, 0.5) is 5.69 Å². The van der Waals surface area contributed by atoms with E-state index in [2.05, 4.69) is 5.32 Å². The summed E-state index contributed by atoms with van der Waals surface area (Å²) in [5, 5.41) is 13.7. The molecule has 0 unspecified atom stereocenters. The van der Waals surface area contributed by atoms with E-state index in [1.54, 1.807) is 30.0 Å². The fourth-order valence-electron chi connectivity index (χ4n) is 6.21. The first-order valence-corrected chi connectivity index (χ1v) is 18.6. The highest BCUT2D eigenvalue weighted by atomic mass is 35.5. The molecule has 0 bridgehead atoms. The molecule has 47 heavy (non-hydrogen) atoms. The van der Waals surface area contributed by atoms with Crippen molar-refractivity contribution >= 4 is 39.1 Å². The van der Waals surface area contributed by atoms with E-state index in [9.17, 15) is 23.1 Å². The first-order valence-electron chi connectivity index (χ1n) is 16.8. The van der Waals surface area contributed by atoms with Gasteiger partial charge in [0, 0.05) is 49.3 Å². The van der Waals surface area contributed by atoms with Crippen LogP contribution in [0.3, 0.4) is 0 Å². The number of fused-ring (bicyclic) bond motifs is 1. The van der Waals surface area contributed by atoms with Gasteiger partial charge in [-0.3, -0.25) is 9.59 Å². The molecule has 1 aliphatic carbocycles. The van der Waals surface area contributed by atoms with Crippen LogP contribution in [0.15, 0.2) is 47.4 Å². The number of aliphatic hydroxyl groups is 1. The van der Waals surface area contributed by atoms with E-state index in [0.29, 0.717) is 28.6 Å². The van der Waals surface area contributed by atoms with E-state index >= 15 is 0 Å². The summed E-state index contributed by atoms with van der Waals surface area (Å²) in [6.07, 6.45) is 6.47. The van der Waals surface area contributed by atoms with Crippen molar-refractivity contribution in [2.45, 2.75) is 95.3 Å². The molecule has 2 amide bonds. The van der Waals surface area contributed by atoms with Crippen LogP contribution in [0.2, 0.25) is 5.02 Å². The van der Waals surface area contributed by atoms with Crippen molar-refractivity contribution in [3.8, 4) is 5.75 Å². The summed E-state index contributed by atoms with van der Waals surface area (Å²) in [6, 6.07) is 10.6. The number of nitrogens with one attached hydrogen (secondary N) is 1. The fraction of sp³-hybridized carbons (Fsp3) is 0.600. The van der Waals surface area contributed by atoms with Crippen LogP contribution >= 0.6 is 11.6 Å². The lowest BCUT2D eigenvalue weighted by Gasteiger charge is -2.35. The molecular formula is C35H50ClN3O7S. The average Bonchev–Trinajstić information content (AvgIpc) is 3.06. The molecule has 2 N–H and O–H groups in total. The van der Waals surface area contributed by atoms with Crippen LogP contribution in [0.1, 0.15) is 82.5 Å². The topological polar surface area (TPSA) is 125 Å². The molecule has 0 aromatic heterocycles. The standard InChI is InChI=1S/C35H50ClN3O7S/c1-24-21-39(25(2)23-40)35(42)31-20-29(37-34(41)27-11-6-5-7-12-27)15-18-32(31)46-26(3)10-8-9-19-45-33(24)22-38(4)47(43,44)30-16-13-28(36)14-17-30/h13-18,20,24-27,33,40H,5-12,19,21-23H2,1-4H3,(H,37,41)/t24-,25-,26+,33+/m1/s1. The number of rotatable bonds is 8. The van der Waals surface area contributed by atoms with Crippen molar-refractivity contribution in [3.63, 3.8) is 0 Å². The zero-order valence-corrected chi connectivity index (χ0v) is 29.6. The maximum absolute atomic E-state index is 14.4. The number of likely N-dealkylation sites (N-methyl/N-ethyl adjacent to an activating group) is 1. The highest BCUT2D eigenvalue weighted by Crippen LogP contribution is 2.30. The summed E-state index contributed by atoms with van der Waals surface area (Å²) >= 11 is 5.99. The Hall–Kier alpha value is -2.70. The Balaban J connectivity index is 1.62. The molecule has 0 saturated heterocycles. The van der Waals surface area contributed by atoms with Crippen molar-refractivity contribution in [1.82, 2.24) is 9.21 Å². The summed E-state index contributed by atoms with van der Waals surface area (Å²) in [6.45, 7) is 6.03. The van der Waals surface area contributed by atoms with E-state index in [1.165, 1.54) is 35.6 Å². The number of sulfonamides is 1. The lowest BCUT2D eigenvalue weighted by molar-refractivity contribution is -0.120. The Kier molecular flexibility index (Phi) is 13.5. The molecule has 1 fully saturated rings. The number of anilines is 1. The Morgan fingerprint density at radius 3 is 2.43 bits per heavy atom. The van der Waals surface area contributed by atoms with Crippen LogP contribution < -0.4 is 10.1 Å². The van der Waals surface area contributed by atoms with Gasteiger partial charge < -0.3 is 24.8 Å². The summed E-state index contributed by atoms with van der Waals surface area (Å²) < 4.78 is 40.7. The molecule has 1 saturated carbocycles. The number of carbonyl (C=O) groups is 2. The fourth-order valence-corrected chi connectivity index (χ4v) is 7.52. The van der Waals surface area contributed by atoms with E-state index in [0.717, 1.165) is 51.4 Å². The minimum Gasteiger partial charge on any atom is -0.490 e. The monoisotopic (exact) mass is 691 g/mol. The van der Waals surface area contributed by atoms with E-state index in [-0.39, 0.29) is 54.3 Å². The summed E-state index contributed by atoms with van der Waals surface area (Å²) in [7, 11) is -2.32. The van der Waals surface area contributed by atoms with E-state index in [1.807, 2.05) is 13.8 Å². The van der Waals surface area contributed by atoms with Crippen molar-refractivity contribution in [2.24, 2.45) is 11.8 Å². The zero-order chi connectivity index (χ0) is 34.1. The molecule has 4 atom stereocenters. The second-order valence-corrected chi connectivity index (χ2v) is 15.6. The summed E-state index contributed by atoms with van der Waals surface area (Å²) in [5.41, 5.74) is 0.813. The van der Waals surface area contributed by atoms with Crippen LogP contribution in [-0.4, -0.2) is 86.1 Å². The zero-order valence-electron chi connectivity index (χ0n) is 28.0. The Morgan fingerprint density at radius 2 is 1.74 bits per heavy atom. The second-order valence-electron chi connectivity index (χ2n) is 13.1. The Morgan fingerprint density at radius 1 is 1.06 bits per heavy atom. The number of aliphatic hydroxyl groups excluding tert-OH is 1. The van der Waals surface area contributed by atoms with E-state index < -0.39 is 22.2 Å². The lowest BCUT2D eigenvalue weighted by Crippen LogP contribution is -2.48. The molecule has 2 aromatic rings. The minimum atomic E-state index is -3.83. The van der Waals surface area contributed by atoms with Gasteiger partial charge >= 0.3 is 0 Å². The number of carbonyl (C=O) groups excluding carboxylic acids is 2. The van der Waals surface area contributed by atoms with Gasteiger partial charge in [0.15, 0.2) is 0 Å². The van der Waals surface area contributed by atoms with Crippen molar-refractivity contribution in [2.75, 3.05) is 38.7 Å². The van der Waals surface area contributed by atoms with Crippen LogP contribution in [-0.2, 0) is 19.6 Å². The first-order chi connectivity index (χ1) is 22.4. The number of halogens is 1. The molecule has 0 spiro atoms. The van der Waals surface area contributed by atoms with Crippen LogP contribution in [0.5, 0.6) is 5.75 Å². The van der Waals surface area contributed by atoms with Crippen molar-refractivity contribution < 1.29 is 32.6 Å². The Bertz CT molecular complexity index is 1450. The largest absolute Gasteiger partial charge is 0.490 e. The number of amides is 2.